The van der Waals surface area contributed by atoms with E-state index in [0.29, 0.717) is 0 Å². The number of nitrogens with two attached hydrogens (primary N) is 1. The Morgan fingerprint density at radius 1 is 1.29 bits per heavy atom. The van der Waals surface area contributed by atoms with Crippen LogP contribution in [0.1, 0.15) is 23.6 Å². The molecule has 0 amide bonds. The number of nitrogen functional groups attached to an aromatic ring is 1. The number of benzene rings is 1. The number of imidazole rings is 1. The molecule has 0 aliphatic heterocycles. The quantitative estimate of drug-likeness (QED) is 0.708. The first-order chi connectivity index (χ1) is 10.2. The van der Waals surface area contributed by atoms with Crippen molar-refractivity contribution in [1.82, 2.24) is 14.5 Å². The summed E-state index contributed by atoms with van der Waals surface area (Å²) in [6.45, 7) is 0. The molecule has 1 unspecified atom stereocenters. The lowest BCUT2D eigenvalue weighted by atomic mass is 10.1. The summed E-state index contributed by atoms with van der Waals surface area (Å²) in [4.78, 5) is 8.91. The van der Waals surface area contributed by atoms with Crippen molar-refractivity contribution in [3.8, 4) is 0 Å². The maximum Gasteiger partial charge on any atom is 0.154 e. The average Bonchev–Trinajstić information content (AvgIpc) is 3.04. The van der Waals surface area contributed by atoms with Gasteiger partial charge < -0.3 is 15.6 Å². The molecule has 0 saturated carbocycles. The fraction of sp³-hybridized carbons (Fsp3) is 0.250. The highest BCUT2D eigenvalue weighted by atomic mass is 15.1. The van der Waals surface area contributed by atoms with Crippen LogP contribution in [0.4, 0.5) is 11.5 Å². The number of aromatic nitrogens is 3. The smallest absolute Gasteiger partial charge is 0.154 e. The summed E-state index contributed by atoms with van der Waals surface area (Å²) in [6.07, 6.45) is 5.76. The molecule has 3 N–H and O–H groups in total. The van der Waals surface area contributed by atoms with Crippen molar-refractivity contribution in [2.45, 2.75) is 18.9 Å². The van der Waals surface area contributed by atoms with E-state index in [1.807, 2.05) is 36.3 Å². The van der Waals surface area contributed by atoms with Gasteiger partial charge in [-0.1, -0.05) is 6.07 Å². The molecule has 0 bridgehead atoms. The van der Waals surface area contributed by atoms with E-state index >= 15 is 0 Å². The molecule has 0 radical (unpaired) electrons. The largest absolute Gasteiger partial charge is 0.399 e. The summed E-state index contributed by atoms with van der Waals surface area (Å²) >= 11 is 0. The molecule has 3 aromatic rings. The molecule has 4 rings (SSSR count). The van der Waals surface area contributed by atoms with Gasteiger partial charge in [0.2, 0.25) is 0 Å². The predicted octanol–water partition coefficient (Wildman–Crippen LogP) is 2.65. The second-order valence-corrected chi connectivity index (χ2v) is 5.58. The van der Waals surface area contributed by atoms with E-state index in [0.717, 1.165) is 35.4 Å². The monoisotopic (exact) mass is 279 g/mol. The number of aryl methyl sites for hydroxylation is 2. The van der Waals surface area contributed by atoms with Crippen molar-refractivity contribution >= 4 is 22.5 Å². The Kier molecular flexibility index (Phi) is 2.60. The van der Waals surface area contributed by atoms with E-state index in [1.165, 1.54) is 11.1 Å². The van der Waals surface area contributed by atoms with Crippen LogP contribution in [0.25, 0.3) is 11.0 Å². The Bertz CT molecular complexity index is 821. The number of pyridine rings is 1. The first-order valence-electron chi connectivity index (χ1n) is 7.13. The topological polar surface area (TPSA) is 68.8 Å². The number of rotatable bonds is 2. The minimum atomic E-state index is 0.278. The van der Waals surface area contributed by atoms with Crippen molar-refractivity contribution in [3.63, 3.8) is 0 Å². The fourth-order valence-electron chi connectivity index (χ4n) is 3.12. The van der Waals surface area contributed by atoms with E-state index in [1.54, 1.807) is 0 Å². The molecule has 5 heteroatoms. The van der Waals surface area contributed by atoms with Gasteiger partial charge in [0.1, 0.15) is 5.52 Å². The molecule has 0 fully saturated rings. The highest BCUT2D eigenvalue weighted by molar-refractivity contribution is 5.86. The summed E-state index contributed by atoms with van der Waals surface area (Å²) in [5.41, 5.74) is 11.4. The first-order valence-corrected chi connectivity index (χ1v) is 7.13. The number of nitrogens with zero attached hydrogens (tertiary/aromatic N) is 3. The van der Waals surface area contributed by atoms with Crippen LogP contribution in [-0.2, 0) is 13.5 Å². The van der Waals surface area contributed by atoms with Crippen LogP contribution in [0.3, 0.4) is 0 Å². The van der Waals surface area contributed by atoms with Gasteiger partial charge in [0.15, 0.2) is 5.82 Å². The van der Waals surface area contributed by atoms with Gasteiger partial charge in [0, 0.05) is 18.9 Å². The Hall–Kier alpha value is -2.56. The Labute approximate surface area is 122 Å². The van der Waals surface area contributed by atoms with Crippen LogP contribution in [0.15, 0.2) is 36.8 Å². The third-order valence-electron chi connectivity index (χ3n) is 4.20. The zero-order chi connectivity index (χ0) is 14.4. The summed E-state index contributed by atoms with van der Waals surface area (Å²) in [5.74, 6) is 0.850. The third kappa shape index (κ3) is 1.93. The molecule has 1 aromatic carbocycles. The van der Waals surface area contributed by atoms with Gasteiger partial charge in [0.25, 0.3) is 0 Å². The molecule has 0 saturated heterocycles. The molecule has 106 valence electrons. The molecule has 21 heavy (non-hydrogen) atoms. The molecule has 1 aliphatic carbocycles. The van der Waals surface area contributed by atoms with Crippen LogP contribution in [-0.4, -0.2) is 14.5 Å². The Balaban J connectivity index is 1.71. The molecular weight excluding hydrogens is 262 g/mol. The van der Waals surface area contributed by atoms with Crippen LogP contribution in [0, 0.1) is 0 Å². The first kappa shape index (κ1) is 12.2. The summed E-state index contributed by atoms with van der Waals surface area (Å²) in [6, 6.07) is 8.42. The minimum Gasteiger partial charge on any atom is -0.399 e. The van der Waals surface area contributed by atoms with Crippen molar-refractivity contribution in [3.05, 3.63) is 47.9 Å². The van der Waals surface area contributed by atoms with Crippen LogP contribution < -0.4 is 11.1 Å². The Morgan fingerprint density at radius 2 is 2.19 bits per heavy atom. The molecule has 2 aromatic heterocycles. The van der Waals surface area contributed by atoms with Gasteiger partial charge in [-0.05, 0) is 42.2 Å². The second kappa shape index (κ2) is 4.48. The van der Waals surface area contributed by atoms with Crippen molar-refractivity contribution in [1.29, 1.82) is 0 Å². The molecule has 0 spiro atoms. The van der Waals surface area contributed by atoms with Crippen LogP contribution in [0.5, 0.6) is 0 Å². The SMILES string of the molecule is Cn1cnc2c(NC3CCc4cc(N)ccc43)nccc21. The number of nitrogens with one attached hydrogen (secondary N) is 1. The number of fused-ring (bicyclic) bond motifs is 2. The maximum atomic E-state index is 5.86. The highest BCUT2D eigenvalue weighted by Crippen LogP contribution is 2.35. The van der Waals surface area contributed by atoms with E-state index in [9.17, 15) is 0 Å². The van der Waals surface area contributed by atoms with Gasteiger partial charge in [-0.15, -0.1) is 0 Å². The molecule has 1 atom stereocenters. The van der Waals surface area contributed by atoms with Crippen molar-refractivity contribution in [2.75, 3.05) is 11.1 Å². The molecule has 2 heterocycles. The summed E-state index contributed by atoms with van der Waals surface area (Å²) in [7, 11) is 1.99. The highest BCUT2D eigenvalue weighted by Gasteiger charge is 2.23. The van der Waals surface area contributed by atoms with E-state index in [-0.39, 0.29) is 6.04 Å². The molecular formula is C16H17N5. The number of anilines is 2. The van der Waals surface area contributed by atoms with Gasteiger partial charge in [0.05, 0.1) is 17.9 Å². The van der Waals surface area contributed by atoms with Crippen LogP contribution in [0.2, 0.25) is 0 Å². The van der Waals surface area contributed by atoms with Crippen molar-refractivity contribution in [2.24, 2.45) is 7.05 Å². The zero-order valence-electron chi connectivity index (χ0n) is 11.9. The predicted molar refractivity (Wildman–Crippen MR) is 84.0 cm³/mol. The molecule has 5 nitrogen and oxygen atoms in total. The normalized spacial score (nSPS) is 17.1. The van der Waals surface area contributed by atoms with Gasteiger partial charge in [-0.25, -0.2) is 9.97 Å². The third-order valence-corrected chi connectivity index (χ3v) is 4.20. The van der Waals surface area contributed by atoms with Gasteiger partial charge in [-0.3, -0.25) is 0 Å². The van der Waals surface area contributed by atoms with Crippen molar-refractivity contribution < 1.29 is 0 Å². The minimum absolute atomic E-state index is 0.278. The lowest BCUT2D eigenvalue weighted by molar-refractivity contribution is 0.758. The van der Waals surface area contributed by atoms with E-state index in [2.05, 4.69) is 27.4 Å². The summed E-state index contributed by atoms with van der Waals surface area (Å²) < 4.78 is 2.01. The Morgan fingerprint density at radius 3 is 3.10 bits per heavy atom. The maximum absolute atomic E-state index is 5.86. The lowest BCUT2D eigenvalue weighted by Crippen LogP contribution is -2.09. The standard InChI is InChI=1S/C16H17N5/c1-21-9-19-15-14(21)6-7-18-16(15)20-13-5-2-10-8-11(17)3-4-12(10)13/h3-4,6-9,13H,2,5,17H2,1H3,(H,18,20). The zero-order valence-corrected chi connectivity index (χ0v) is 11.9. The van der Waals surface area contributed by atoms with Crippen LogP contribution >= 0.6 is 0 Å². The fourth-order valence-corrected chi connectivity index (χ4v) is 3.12. The van der Waals surface area contributed by atoms with Gasteiger partial charge in [-0.2, -0.15) is 0 Å². The van der Waals surface area contributed by atoms with E-state index < -0.39 is 0 Å². The number of hydrogen-bond donors (Lipinski definition) is 2. The van der Waals surface area contributed by atoms with E-state index in [4.69, 9.17) is 5.73 Å². The second-order valence-electron chi connectivity index (χ2n) is 5.58. The number of hydrogen-bond acceptors (Lipinski definition) is 4. The summed E-state index contributed by atoms with van der Waals surface area (Å²) in [5, 5.41) is 3.55. The lowest BCUT2D eigenvalue weighted by Gasteiger charge is -2.15. The average molecular weight is 279 g/mol. The molecule has 1 aliphatic rings. The van der Waals surface area contributed by atoms with Gasteiger partial charge >= 0.3 is 0 Å².